The smallest absolute Gasteiger partial charge is 0.261 e. The number of carbonyl (C=O) groups is 3. The quantitative estimate of drug-likeness (QED) is 0.397. The maximum absolute atomic E-state index is 12.7. The van der Waals surface area contributed by atoms with E-state index in [0.717, 1.165) is 4.90 Å². The molecule has 8 nitrogen and oxygen atoms in total. The molecule has 2 rings (SSSR count). The number of azide groups is 1. The Labute approximate surface area is 126 Å². The number of nitrogens with one attached hydrogen (secondary N) is 1. The van der Waals surface area contributed by atoms with Crippen molar-refractivity contribution in [2.75, 3.05) is 6.54 Å². The van der Waals surface area contributed by atoms with Crippen molar-refractivity contribution in [2.24, 2.45) is 11.0 Å². The van der Waals surface area contributed by atoms with E-state index in [1.54, 1.807) is 26.0 Å². The van der Waals surface area contributed by atoms with Gasteiger partial charge in [0.15, 0.2) is 0 Å². The van der Waals surface area contributed by atoms with Gasteiger partial charge in [0.05, 0.1) is 12.2 Å². The summed E-state index contributed by atoms with van der Waals surface area (Å²) in [7, 11) is 0. The van der Waals surface area contributed by atoms with Crippen molar-refractivity contribution in [3.63, 3.8) is 0 Å². The third kappa shape index (κ3) is 2.77. The van der Waals surface area contributed by atoms with Crippen molar-refractivity contribution in [1.29, 1.82) is 0 Å². The molecule has 1 atom stereocenters. The molecule has 0 spiro atoms. The van der Waals surface area contributed by atoms with Crippen molar-refractivity contribution >= 4 is 23.4 Å². The fraction of sp³-hybridized carbons (Fsp3) is 0.357. The van der Waals surface area contributed by atoms with Crippen LogP contribution in [-0.4, -0.2) is 35.2 Å². The molecule has 114 valence electrons. The molecule has 0 unspecified atom stereocenters. The van der Waals surface area contributed by atoms with Gasteiger partial charge in [0.1, 0.15) is 6.04 Å². The number of piperazine rings is 1. The Bertz CT molecular complexity index is 679. The Morgan fingerprint density at radius 1 is 1.41 bits per heavy atom. The number of amides is 3. The van der Waals surface area contributed by atoms with Crippen LogP contribution in [0.25, 0.3) is 10.4 Å². The van der Waals surface area contributed by atoms with E-state index in [0.29, 0.717) is 0 Å². The minimum absolute atomic E-state index is 0.0917. The molecule has 1 aromatic rings. The van der Waals surface area contributed by atoms with Crippen LogP contribution in [-0.2, 0) is 9.59 Å². The van der Waals surface area contributed by atoms with Gasteiger partial charge in [-0.15, -0.1) is 0 Å². The Kier molecular flexibility index (Phi) is 4.43. The predicted molar refractivity (Wildman–Crippen MR) is 78.1 cm³/mol. The number of imide groups is 1. The van der Waals surface area contributed by atoms with Gasteiger partial charge in [0.25, 0.3) is 5.91 Å². The average Bonchev–Trinajstić information content (AvgIpc) is 2.49. The lowest BCUT2D eigenvalue weighted by Gasteiger charge is -2.35. The SMILES string of the molecule is CC(C)[C@H]1C(=O)NCC(=O)N1C(=O)c1ccccc1N=[N+]=[N-]. The highest BCUT2D eigenvalue weighted by Gasteiger charge is 2.41. The molecule has 1 N–H and O–H groups in total. The fourth-order valence-corrected chi connectivity index (χ4v) is 2.38. The van der Waals surface area contributed by atoms with E-state index >= 15 is 0 Å². The second kappa shape index (κ2) is 6.28. The monoisotopic (exact) mass is 301 g/mol. The van der Waals surface area contributed by atoms with Gasteiger partial charge in [-0.1, -0.05) is 37.2 Å². The number of carbonyl (C=O) groups excluding carboxylic acids is 3. The molecule has 1 fully saturated rings. The van der Waals surface area contributed by atoms with E-state index in [1.165, 1.54) is 12.1 Å². The van der Waals surface area contributed by atoms with E-state index in [2.05, 4.69) is 15.3 Å². The molecule has 1 aliphatic heterocycles. The summed E-state index contributed by atoms with van der Waals surface area (Å²) in [4.78, 5) is 40.5. The largest absolute Gasteiger partial charge is 0.345 e. The van der Waals surface area contributed by atoms with Crippen LogP contribution < -0.4 is 5.32 Å². The molecule has 1 saturated heterocycles. The van der Waals surface area contributed by atoms with Gasteiger partial charge in [0, 0.05) is 10.5 Å². The van der Waals surface area contributed by atoms with Crippen LogP contribution in [0.3, 0.4) is 0 Å². The van der Waals surface area contributed by atoms with Crippen LogP contribution in [0.1, 0.15) is 24.2 Å². The Morgan fingerprint density at radius 2 is 2.09 bits per heavy atom. The zero-order valence-corrected chi connectivity index (χ0v) is 12.2. The maximum atomic E-state index is 12.7. The topological polar surface area (TPSA) is 115 Å². The number of hydrogen-bond donors (Lipinski definition) is 1. The van der Waals surface area contributed by atoms with E-state index in [1.807, 2.05) is 0 Å². The van der Waals surface area contributed by atoms with Gasteiger partial charge in [-0.2, -0.15) is 0 Å². The van der Waals surface area contributed by atoms with E-state index in [9.17, 15) is 14.4 Å². The summed E-state index contributed by atoms with van der Waals surface area (Å²) < 4.78 is 0. The van der Waals surface area contributed by atoms with Gasteiger partial charge in [0.2, 0.25) is 11.8 Å². The average molecular weight is 301 g/mol. The van der Waals surface area contributed by atoms with Gasteiger partial charge in [-0.25, -0.2) is 0 Å². The molecule has 3 amide bonds. The van der Waals surface area contributed by atoms with E-state index in [4.69, 9.17) is 5.53 Å². The lowest BCUT2D eigenvalue weighted by atomic mass is 9.98. The third-order valence-electron chi connectivity index (χ3n) is 3.37. The summed E-state index contributed by atoms with van der Waals surface area (Å²) in [5.41, 5.74) is 8.79. The second-order valence-corrected chi connectivity index (χ2v) is 5.18. The lowest BCUT2D eigenvalue weighted by Crippen LogP contribution is -2.62. The van der Waals surface area contributed by atoms with Crippen molar-refractivity contribution in [2.45, 2.75) is 19.9 Å². The molecule has 22 heavy (non-hydrogen) atoms. The highest BCUT2D eigenvalue weighted by atomic mass is 16.2. The zero-order valence-electron chi connectivity index (χ0n) is 12.2. The number of benzene rings is 1. The minimum atomic E-state index is -0.882. The summed E-state index contributed by atoms with van der Waals surface area (Å²) in [5.74, 6) is -1.73. The van der Waals surface area contributed by atoms with Crippen molar-refractivity contribution < 1.29 is 14.4 Å². The first kappa shape index (κ1) is 15.5. The number of hydrogen-bond acceptors (Lipinski definition) is 4. The molecule has 0 bridgehead atoms. The highest BCUT2D eigenvalue weighted by molar-refractivity contribution is 6.12. The Hall–Kier alpha value is -2.86. The molecular weight excluding hydrogens is 286 g/mol. The molecule has 1 heterocycles. The number of nitrogens with zero attached hydrogens (tertiary/aromatic N) is 4. The molecule has 1 aliphatic rings. The number of rotatable bonds is 3. The van der Waals surface area contributed by atoms with Crippen LogP contribution in [0, 0.1) is 5.92 Å². The molecule has 0 radical (unpaired) electrons. The normalized spacial score (nSPS) is 18.0. The molecule has 0 aromatic heterocycles. The van der Waals surface area contributed by atoms with Crippen LogP contribution in [0.15, 0.2) is 29.4 Å². The predicted octanol–water partition coefficient (Wildman–Crippen LogP) is 1.75. The van der Waals surface area contributed by atoms with E-state index < -0.39 is 17.9 Å². The van der Waals surface area contributed by atoms with Gasteiger partial charge >= 0.3 is 0 Å². The zero-order chi connectivity index (χ0) is 16.3. The standard InChI is InChI=1S/C14H15N5O3/c1-8(2)12-13(21)16-7-11(20)19(12)14(22)9-5-3-4-6-10(9)17-18-15/h3-6,8,12H,7H2,1-2H3,(H,16,21)/t12-/m0/s1. The van der Waals surface area contributed by atoms with Gasteiger partial charge in [-0.05, 0) is 17.5 Å². The molecule has 0 aliphatic carbocycles. The second-order valence-electron chi connectivity index (χ2n) is 5.18. The van der Waals surface area contributed by atoms with Gasteiger partial charge in [-0.3, -0.25) is 19.3 Å². The molecule has 0 saturated carbocycles. The first-order valence-electron chi connectivity index (χ1n) is 6.75. The van der Waals surface area contributed by atoms with Crippen molar-refractivity contribution in [3.05, 3.63) is 40.3 Å². The summed E-state index contributed by atoms with van der Waals surface area (Å²) in [6.07, 6.45) is 0. The summed E-state index contributed by atoms with van der Waals surface area (Å²) in [5, 5.41) is 5.93. The third-order valence-corrected chi connectivity index (χ3v) is 3.37. The Balaban J connectivity index is 2.48. The van der Waals surface area contributed by atoms with Crippen LogP contribution in [0.4, 0.5) is 5.69 Å². The maximum Gasteiger partial charge on any atom is 0.261 e. The summed E-state index contributed by atoms with van der Waals surface area (Å²) >= 11 is 0. The van der Waals surface area contributed by atoms with Crippen molar-refractivity contribution in [3.8, 4) is 0 Å². The summed E-state index contributed by atoms with van der Waals surface area (Å²) in [6.45, 7) is 3.28. The van der Waals surface area contributed by atoms with Crippen LogP contribution in [0.5, 0.6) is 0 Å². The first-order chi connectivity index (χ1) is 10.5. The van der Waals surface area contributed by atoms with Crippen LogP contribution >= 0.6 is 0 Å². The van der Waals surface area contributed by atoms with Crippen LogP contribution in [0.2, 0.25) is 0 Å². The highest BCUT2D eigenvalue weighted by Crippen LogP contribution is 2.24. The molecule has 1 aromatic carbocycles. The van der Waals surface area contributed by atoms with E-state index in [-0.39, 0.29) is 29.6 Å². The molecule has 8 heteroatoms. The summed E-state index contributed by atoms with van der Waals surface area (Å²) in [6, 6.07) is 5.27. The minimum Gasteiger partial charge on any atom is -0.345 e. The lowest BCUT2D eigenvalue weighted by molar-refractivity contribution is -0.144. The first-order valence-corrected chi connectivity index (χ1v) is 6.75. The molecular formula is C14H15N5O3. The fourth-order valence-electron chi connectivity index (χ4n) is 2.38. The Morgan fingerprint density at radius 3 is 2.73 bits per heavy atom. The van der Waals surface area contributed by atoms with Crippen molar-refractivity contribution in [1.82, 2.24) is 10.2 Å². The van der Waals surface area contributed by atoms with Gasteiger partial charge < -0.3 is 5.32 Å².